The van der Waals surface area contributed by atoms with Crippen LogP contribution < -0.4 is 20.9 Å². The van der Waals surface area contributed by atoms with E-state index in [1.807, 2.05) is 21.3 Å². The summed E-state index contributed by atoms with van der Waals surface area (Å²) in [5, 5.41) is 0. The number of imidazole rings is 2. The van der Waals surface area contributed by atoms with E-state index in [0.29, 0.717) is 66.3 Å². The van der Waals surface area contributed by atoms with E-state index in [1.54, 1.807) is 18.7 Å². The summed E-state index contributed by atoms with van der Waals surface area (Å²) in [5.74, 6) is 0.665. The zero-order chi connectivity index (χ0) is 33.3. The number of rotatable bonds is 8. The molecular formula is C37H42N10O2Y5. The molecule has 0 unspecified atom stereocenters. The third-order valence-electron chi connectivity index (χ3n) is 7.60. The quantitative estimate of drug-likeness (QED) is 0.135. The van der Waals surface area contributed by atoms with Crippen LogP contribution in [0.15, 0.2) is 98.6 Å². The van der Waals surface area contributed by atoms with Gasteiger partial charge in [0.25, 0.3) is 0 Å². The van der Waals surface area contributed by atoms with Crippen LogP contribution >= 0.6 is 0 Å². The summed E-state index contributed by atoms with van der Waals surface area (Å²) < 4.78 is 15.1. The Balaban J connectivity index is 0.000000938. The summed E-state index contributed by atoms with van der Waals surface area (Å²) in [6, 6.07) is 17.5. The van der Waals surface area contributed by atoms with Gasteiger partial charge < -0.3 is 30.1 Å². The SMILES string of the molecule is C.C=CCCOc1nc(N)c2ncn(Cc3cccc(CC=C)c3)c2n1.Nc1nc2nc3c1ncn3Cc1cccc(c1)C/C=C\CCO2.[Y].[Y].[Y].[Y].[Y]. The minimum Gasteiger partial charge on any atom is -0.463 e. The smallest absolute Gasteiger partial charge is 0.320 e. The number of aromatic nitrogens is 8. The largest absolute Gasteiger partial charge is 0.463 e. The van der Waals surface area contributed by atoms with Crippen LogP contribution in [-0.4, -0.2) is 52.3 Å². The number of fused-ring (bicyclic) bond motifs is 4. The molecule has 5 heterocycles. The van der Waals surface area contributed by atoms with Crippen LogP contribution in [0.4, 0.5) is 11.6 Å². The number of hydrogen-bond acceptors (Lipinski definition) is 10. The first kappa shape index (κ1) is 53.5. The average molecular weight is 1100 g/mol. The van der Waals surface area contributed by atoms with Crippen LogP contribution in [0.5, 0.6) is 12.0 Å². The molecule has 54 heavy (non-hydrogen) atoms. The minimum atomic E-state index is 0. The molecule has 0 fully saturated rings. The first-order chi connectivity index (χ1) is 23.5. The Morgan fingerprint density at radius 2 is 1.48 bits per heavy atom. The molecule has 12 nitrogen and oxygen atoms in total. The summed E-state index contributed by atoms with van der Waals surface area (Å²) in [7, 11) is 0. The first-order valence-corrected chi connectivity index (χ1v) is 15.8. The van der Waals surface area contributed by atoms with Gasteiger partial charge in [0.05, 0.1) is 39.0 Å². The number of ether oxygens (including phenoxy) is 2. The van der Waals surface area contributed by atoms with Crippen molar-refractivity contribution in [1.29, 1.82) is 0 Å². The Morgan fingerprint density at radius 3 is 2.26 bits per heavy atom. The van der Waals surface area contributed by atoms with Crippen LogP contribution in [0, 0.1) is 0 Å². The molecule has 1 aliphatic heterocycles. The van der Waals surface area contributed by atoms with E-state index < -0.39 is 0 Å². The van der Waals surface area contributed by atoms with Crippen LogP contribution in [0.25, 0.3) is 22.3 Å². The van der Waals surface area contributed by atoms with E-state index in [1.165, 1.54) is 16.7 Å². The van der Waals surface area contributed by atoms with Gasteiger partial charge in [0, 0.05) is 164 Å². The monoisotopic (exact) mass is 1100 g/mol. The maximum atomic E-state index is 5.99. The predicted octanol–water partition coefficient (Wildman–Crippen LogP) is 6.10. The second-order valence-electron chi connectivity index (χ2n) is 11.2. The normalized spacial score (nSPS) is 11.8. The fourth-order valence-corrected chi connectivity index (χ4v) is 5.31. The molecule has 4 bridgehead atoms. The first-order valence-electron chi connectivity index (χ1n) is 15.8. The number of benzene rings is 2. The van der Waals surface area contributed by atoms with E-state index >= 15 is 0 Å². The second-order valence-corrected chi connectivity index (χ2v) is 11.2. The van der Waals surface area contributed by atoms with Crippen molar-refractivity contribution in [2.45, 2.75) is 46.2 Å². The summed E-state index contributed by atoms with van der Waals surface area (Å²) >= 11 is 0. The van der Waals surface area contributed by atoms with Gasteiger partial charge in [-0.2, -0.15) is 19.9 Å². The number of hydrogen-bond donors (Lipinski definition) is 2. The fourth-order valence-electron chi connectivity index (χ4n) is 5.31. The van der Waals surface area contributed by atoms with Gasteiger partial charge >= 0.3 is 12.0 Å². The predicted molar refractivity (Wildman–Crippen MR) is 194 cm³/mol. The number of allylic oxidation sites excluding steroid dienone is 2. The van der Waals surface area contributed by atoms with E-state index in [0.717, 1.165) is 31.2 Å². The van der Waals surface area contributed by atoms with Crippen LogP contribution in [-0.2, 0) is 189 Å². The second kappa shape index (κ2) is 27.2. The van der Waals surface area contributed by atoms with Crippen LogP contribution in [0.2, 0.25) is 0 Å². The molecule has 0 aliphatic carbocycles. The molecule has 4 N–H and O–H groups in total. The molecule has 0 saturated carbocycles. The molecular weight excluding hydrogens is 1060 g/mol. The molecule has 0 amide bonds. The zero-order valence-electron chi connectivity index (χ0n) is 29.6. The van der Waals surface area contributed by atoms with Crippen molar-refractivity contribution in [3.05, 3.63) is 121 Å². The molecule has 0 saturated heterocycles. The van der Waals surface area contributed by atoms with E-state index in [9.17, 15) is 0 Å². The number of anilines is 2. The Bertz CT molecular complexity index is 2110. The third-order valence-corrected chi connectivity index (χ3v) is 7.60. The minimum absolute atomic E-state index is 0. The molecule has 2 aromatic carbocycles. The molecule has 7 rings (SSSR count). The van der Waals surface area contributed by atoms with E-state index in [-0.39, 0.29) is 177 Å². The zero-order valence-corrected chi connectivity index (χ0v) is 43.8. The molecule has 6 aromatic rings. The molecule has 17 heteroatoms. The molecule has 0 atom stereocenters. The molecule has 4 aromatic heterocycles. The van der Waals surface area contributed by atoms with Gasteiger partial charge in [-0.15, -0.1) is 13.2 Å². The van der Waals surface area contributed by atoms with Crippen molar-refractivity contribution in [2.24, 2.45) is 0 Å². The van der Waals surface area contributed by atoms with Gasteiger partial charge in [-0.25, -0.2) is 9.97 Å². The number of nitrogen functional groups attached to an aromatic ring is 2. The molecule has 5 radical (unpaired) electrons. The summed E-state index contributed by atoms with van der Waals surface area (Å²) in [4.78, 5) is 25.9. The van der Waals surface area contributed by atoms with E-state index in [2.05, 4.69) is 97.7 Å². The summed E-state index contributed by atoms with van der Waals surface area (Å²) in [5.41, 5.74) is 19.4. The van der Waals surface area contributed by atoms with Crippen molar-refractivity contribution in [1.82, 2.24) is 39.0 Å². The van der Waals surface area contributed by atoms with Gasteiger partial charge in [-0.05, 0) is 47.9 Å². The fraction of sp³-hybridized carbons (Fsp3) is 0.243. The Labute approximate surface area is 442 Å². The van der Waals surface area contributed by atoms with Crippen molar-refractivity contribution in [3.8, 4) is 12.0 Å². The standard InChI is InChI=1S/C19H21N5O.C17H17N5O.CH4.5Y/c1-3-5-10-25-19-22-17(20)16-18(23-19)24(13-21-16)12-15-9-6-8-14(11-15)7-4-2;18-15-14-16-21-17(20-15)23-8-3-1-2-5-12-6-4-7-13(9-12)10-22(16)11-19-14;;;;;;/h3-4,6,8-9,11,13H,1-2,5,7,10,12H2,(H2,20,22,23);1-2,4,6-7,9,11H,3,5,8,10H2,(H2,18,20,21);1H4;;;;;/b;2-1-;;;;;;. The van der Waals surface area contributed by atoms with Crippen molar-refractivity contribution < 1.29 is 173 Å². The summed E-state index contributed by atoms with van der Waals surface area (Å²) in [6.45, 7) is 9.77. The number of nitrogens with zero attached hydrogens (tertiary/aromatic N) is 8. The van der Waals surface area contributed by atoms with E-state index in [4.69, 9.17) is 20.9 Å². The van der Waals surface area contributed by atoms with Crippen molar-refractivity contribution in [2.75, 3.05) is 24.7 Å². The van der Waals surface area contributed by atoms with Crippen LogP contribution in [0.1, 0.15) is 42.5 Å². The van der Waals surface area contributed by atoms with Gasteiger partial charge in [0.1, 0.15) is 0 Å². The van der Waals surface area contributed by atoms with Gasteiger partial charge in [-0.3, -0.25) is 0 Å². The summed E-state index contributed by atoms with van der Waals surface area (Å²) in [6.07, 6.45) is 14.7. The van der Waals surface area contributed by atoms with Crippen LogP contribution in [0.3, 0.4) is 0 Å². The molecule has 1 aliphatic rings. The van der Waals surface area contributed by atoms with Gasteiger partial charge in [-0.1, -0.05) is 80.3 Å². The maximum Gasteiger partial charge on any atom is 0.320 e. The Hall–Kier alpha value is -0.521. The molecule has 267 valence electrons. The van der Waals surface area contributed by atoms with Gasteiger partial charge in [0.2, 0.25) is 0 Å². The maximum absolute atomic E-state index is 5.99. The topological polar surface area (TPSA) is 158 Å². The van der Waals surface area contributed by atoms with Crippen molar-refractivity contribution >= 4 is 34.0 Å². The Kier molecular flexibility index (Phi) is 27.0. The average Bonchev–Trinajstić information content (AvgIpc) is 3.68. The van der Waals surface area contributed by atoms with Gasteiger partial charge in [0.15, 0.2) is 34.0 Å². The molecule has 0 spiro atoms. The Morgan fingerprint density at radius 1 is 0.778 bits per heavy atom. The third kappa shape index (κ3) is 14.7. The number of nitrogens with two attached hydrogens (primary N) is 2. The van der Waals surface area contributed by atoms with Crippen molar-refractivity contribution in [3.63, 3.8) is 0 Å².